The van der Waals surface area contributed by atoms with Crippen molar-refractivity contribution in [2.24, 2.45) is 5.41 Å². The zero-order chi connectivity index (χ0) is 19.5. The highest BCUT2D eigenvalue weighted by atomic mass is 35.5. The zero-order valence-corrected chi connectivity index (χ0v) is 16.4. The van der Waals surface area contributed by atoms with E-state index in [1.807, 2.05) is 23.1 Å². The number of aromatic amines is 1. The van der Waals surface area contributed by atoms with E-state index in [2.05, 4.69) is 22.2 Å². The zero-order valence-electron chi connectivity index (χ0n) is 15.7. The summed E-state index contributed by atoms with van der Waals surface area (Å²) in [5.41, 5.74) is 2.11. The van der Waals surface area contributed by atoms with E-state index in [0.29, 0.717) is 34.3 Å². The van der Waals surface area contributed by atoms with E-state index in [9.17, 15) is 9.59 Å². The molecule has 1 unspecified atom stereocenters. The van der Waals surface area contributed by atoms with Gasteiger partial charge in [-0.3, -0.25) is 9.69 Å². The van der Waals surface area contributed by atoms with E-state index in [-0.39, 0.29) is 17.4 Å². The van der Waals surface area contributed by atoms with Crippen LogP contribution in [-0.4, -0.2) is 59.9 Å². The molecule has 146 valence electrons. The highest BCUT2D eigenvalue weighted by Gasteiger charge is 2.45. The van der Waals surface area contributed by atoms with Gasteiger partial charge in [-0.15, -0.1) is 0 Å². The standard InChI is InChI=1S/C20H22ClN5O2/c1-24-8-6-20(11-24)7-9-25(12-20)19(28)26-15-5-3-2-4-14(15)23-18(27)16-17(26)13(21)10-22-16/h2-5,10,22H,6-9,11-12H2,1H3,(H,23,27). The van der Waals surface area contributed by atoms with Gasteiger partial charge in [-0.1, -0.05) is 23.7 Å². The molecule has 7 nitrogen and oxygen atoms in total. The summed E-state index contributed by atoms with van der Waals surface area (Å²) in [6, 6.07) is 7.18. The van der Waals surface area contributed by atoms with Crippen LogP contribution in [0.1, 0.15) is 23.3 Å². The van der Waals surface area contributed by atoms with Crippen LogP contribution < -0.4 is 10.2 Å². The minimum atomic E-state index is -0.306. The first-order valence-corrected chi connectivity index (χ1v) is 9.90. The van der Waals surface area contributed by atoms with Crippen LogP contribution in [-0.2, 0) is 0 Å². The quantitative estimate of drug-likeness (QED) is 0.712. The minimum absolute atomic E-state index is 0.141. The molecule has 4 heterocycles. The van der Waals surface area contributed by atoms with Gasteiger partial charge in [0.1, 0.15) is 11.4 Å². The van der Waals surface area contributed by atoms with Gasteiger partial charge in [0, 0.05) is 31.2 Å². The summed E-state index contributed by atoms with van der Waals surface area (Å²) in [4.78, 5) is 35.1. The minimum Gasteiger partial charge on any atom is -0.354 e. The van der Waals surface area contributed by atoms with E-state index in [1.54, 1.807) is 17.2 Å². The molecule has 1 aromatic heterocycles. The van der Waals surface area contributed by atoms with Crippen LogP contribution in [0.15, 0.2) is 30.5 Å². The number of nitrogens with one attached hydrogen (secondary N) is 2. The number of H-pyrrole nitrogens is 1. The lowest BCUT2D eigenvalue weighted by Crippen LogP contribution is -2.41. The Morgan fingerprint density at radius 3 is 2.75 bits per heavy atom. The monoisotopic (exact) mass is 399 g/mol. The van der Waals surface area contributed by atoms with Crippen molar-refractivity contribution in [1.29, 1.82) is 0 Å². The largest absolute Gasteiger partial charge is 0.354 e. The third kappa shape index (κ3) is 2.61. The molecule has 28 heavy (non-hydrogen) atoms. The molecule has 0 aliphatic carbocycles. The Kier molecular flexibility index (Phi) is 3.93. The molecule has 0 radical (unpaired) electrons. The van der Waals surface area contributed by atoms with E-state index in [0.717, 1.165) is 32.5 Å². The first-order valence-electron chi connectivity index (χ1n) is 9.52. The van der Waals surface area contributed by atoms with Crippen molar-refractivity contribution in [1.82, 2.24) is 14.8 Å². The van der Waals surface area contributed by atoms with Gasteiger partial charge in [-0.25, -0.2) is 4.79 Å². The van der Waals surface area contributed by atoms with Crippen molar-refractivity contribution in [3.05, 3.63) is 41.2 Å². The van der Waals surface area contributed by atoms with E-state index < -0.39 is 0 Å². The summed E-state index contributed by atoms with van der Waals surface area (Å²) in [6.45, 7) is 3.53. The second-order valence-corrected chi connectivity index (χ2v) is 8.52. The number of likely N-dealkylation sites (tertiary alicyclic amines) is 2. The second-order valence-electron chi connectivity index (χ2n) is 8.11. The fourth-order valence-corrected chi connectivity index (χ4v) is 5.03. The molecule has 5 rings (SSSR count). The first kappa shape index (κ1) is 17.6. The number of carbonyl (C=O) groups is 2. The van der Waals surface area contributed by atoms with Crippen LogP contribution in [0.5, 0.6) is 0 Å². The summed E-state index contributed by atoms with van der Waals surface area (Å²) < 4.78 is 0. The average molecular weight is 400 g/mol. The summed E-state index contributed by atoms with van der Waals surface area (Å²) in [5, 5.41) is 3.23. The molecule has 3 aliphatic heterocycles. The van der Waals surface area contributed by atoms with Gasteiger partial charge in [0.2, 0.25) is 0 Å². The van der Waals surface area contributed by atoms with Crippen LogP contribution in [0.3, 0.4) is 0 Å². The number of benzene rings is 1. The Bertz CT molecular complexity index is 973. The molecule has 3 aliphatic rings. The van der Waals surface area contributed by atoms with E-state index in [4.69, 9.17) is 11.6 Å². The summed E-state index contributed by atoms with van der Waals surface area (Å²) >= 11 is 6.42. The third-order valence-electron chi connectivity index (χ3n) is 6.18. The fraction of sp³-hybridized carbons (Fsp3) is 0.400. The molecule has 1 spiro atoms. The van der Waals surface area contributed by atoms with Crippen molar-refractivity contribution in [3.63, 3.8) is 0 Å². The van der Waals surface area contributed by atoms with Crippen molar-refractivity contribution in [3.8, 4) is 0 Å². The summed E-state index contributed by atoms with van der Waals surface area (Å²) in [6.07, 6.45) is 3.67. The third-order valence-corrected chi connectivity index (χ3v) is 6.47. The number of aromatic nitrogens is 1. The molecule has 2 saturated heterocycles. The number of urea groups is 1. The number of nitrogens with zero attached hydrogens (tertiary/aromatic N) is 3. The maximum atomic E-state index is 13.7. The van der Waals surface area contributed by atoms with Crippen LogP contribution in [0.25, 0.3) is 0 Å². The van der Waals surface area contributed by atoms with Crippen LogP contribution in [0.2, 0.25) is 5.02 Å². The molecule has 8 heteroatoms. The predicted molar refractivity (Wildman–Crippen MR) is 108 cm³/mol. The molecular weight excluding hydrogens is 378 g/mol. The van der Waals surface area contributed by atoms with Crippen molar-refractivity contribution >= 4 is 40.6 Å². The normalized spacial score (nSPS) is 24.3. The fourth-order valence-electron chi connectivity index (χ4n) is 4.79. The number of hydrogen-bond acceptors (Lipinski definition) is 3. The molecule has 2 fully saturated rings. The number of fused-ring (bicyclic) bond motifs is 2. The van der Waals surface area contributed by atoms with Crippen LogP contribution in [0, 0.1) is 5.41 Å². The average Bonchev–Trinajstić information content (AvgIpc) is 3.35. The maximum absolute atomic E-state index is 13.7. The van der Waals surface area contributed by atoms with Gasteiger partial charge < -0.3 is 20.1 Å². The molecule has 0 saturated carbocycles. The molecule has 0 bridgehead atoms. The maximum Gasteiger partial charge on any atom is 0.329 e. The topological polar surface area (TPSA) is 71.7 Å². The smallest absolute Gasteiger partial charge is 0.329 e. The lowest BCUT2D eigenvalue weighted by atomic mass is 9.86. The Labute approximate surface area is 168 Å². The SMILES string of the molecule is CN1CCC2(CCN(C(=O)N3c4ccccc4NC(=O)c4[nH]cc(Cl)c43)C2)C1. The lowest BCUT2D eigenvalue weighted by molar-refractivity contribution is 0.102. The summed E-state index contributed by atoms with van der Waals surface area (Å²) in [5.74, 6) is -0.306. The Morgan fingerprint density at radius 2 is 1.96 bits per heavy atom. The molecular formula is C20H22ClN5O2. The van der Waals surface area contributed by atoms with Crippen molar-refractivity contribution in [2.75, 3.05) is 43.4 Å². The highest BCUT2D eigenvalue weighted by molar-refractivity contribution is 6.36. The number of halogens is 1. The van der Waals surface area contributed by atoms with Crippen molar-refractivity contribution in [2.45, 2.75) is 12.8 Å². The van der Waals surface area contributed by atoms with Gasteiger partial charge in [0.05, 0.1) is 16.4 Å². The number of anilines is 3. The molecule has 1 aromatic carbocycles. The Morgan fingerprint density at radius 1 is 1.18 bits per heavy atom. The van der Waals surface area contributed by atoms with E-state index in [1.165, 1.54) is 0 Å². The number of amides is 3. The van der Waals surface area contributed by atoms with Gasteiger partial charge in [-0.2, -0.15) is 0 Å². The lowest BCUT2D eigenvalue weighted by Gasteiger charge is -2.30. The van der Waals surface area contributed by atoms with Crippen LogP contribution >= 0.6 is 11.6 Å². The van der Waals surface area contributed by atoms with Crippen molar-refractivity contribution < 1.29 is 9.59 Å². The molecule has 2 aromatic rings. The highest BCUT2D eigenvalue weighted by Crippen LogP contribution is 2.44. The molecule has 3 amide bonds. The van der Waals surface area contributed by atoms with Gasteiger partial charge >= 0.3 is 6.03 Å². The van der Waals surface area contributed by atoms with Gasteiger partial charge in [0.15, 0.2) is 0 Å². The Balaban J connectivity index is 1.56. The van der Waals surface area contributed by atoms with Gasteiger partial charge in [-0.05, 0) is 38.6 Å². The first-order chi connectivity index (χ1) is 13.5. The predicted octanol–water partition coefficient (Wildman–Crippen LogP) is 3.52. The van der Waals surface area contributed by atoms with E-state index >= 15 is 0 Å². The second kappa shape index (κ2) is 6.25. The molecule has 2 N–H and O–H groups in total. The Hall–Kier alpha value is -2.51. The molecule has 1 atom stereocenters. The number of hydrogen-bond donors (Lipinski definition) is 2. The van der Waals surface area contributed by atoms with Crippen LogP contribution in [0.4, 0.5) is 21.9 Å². The number of carbonyl (C=O) groups excluding carboxylic acids is 2. The van der Waals surface area contributed by atoms with Gasteiger partial charge in [0.25, 0.3) is 5.91 Å². The summed E-state index contributed by atoms with van der Waals surface area (Å²) in [7, 11) is 2.13. The number of para-hydroxylation sites is 2. The number of rotatable bonds is 0.